The van der Waals surface area contributed by atoms with Crippen molar-refractivity contribution >= 4 is 39.3 Å². The fourth-order valence-corrected chi connectivity index (χ4v) is 8.67. The number of benzene rings is 4. The lowest BCUT2D eigenvalue weighted by Gasteiger charge is -2.27. The molecule has 324 valence electrons. The van der Waals surface area contributed by atoms with Crippen molar-refractivity contribution in [2.24, 2.45) is 5.73 Å². The number of rotatable bonds is 13. The molecule has 2 aliphatic rings. The Balaban J connectivity index is 0.000000162. The molecule has 8 aromatic rings. The van der Waals surface area contributed by atoms with E-state index in [9.17, 15) is 0 Å². The Hall–Kier alpha value is -6.85. The summed E-state index contributed by atoms with van der Waals surface area (Å²) in [5.41, 5.74) is 16.8. The molecule has 0 aliphatic carbocycles. The summed E-state index contributed by atoms with van der Waals surface area (Å²) in [6.07, 6.45) is 3.44. The summed E-state index contributed by atoms with van der Waals surface area (Å²) >= 11 is 0. The average Bonchev–Trinajstić information content (AvgIpc) is 3.96. The summed E-state index contributed by atoms with van der Waals surface area (Å²) in [6, 6.07) is 40.9. The van der Waals surface area contributed by atoms with Crippen molar-refractivity contribution in [1.29, 1.82) is 0 Å². The maximum absolute atomic E-state index is 7.73. The molecule has 12 nitrogen and oxygen atoms in total. The molecule has 0 spiro atoms. The zero-order valence-electron chi connectivity index (χ0n) is 36.0. The number of fused-ring (bicyclic) bond motifs is 2. The Bertz CT molecular complexity index is 2790. The first-order chi connectivity index (χ1) is 31.7. The number of furan rings is 2. The minimum atomic E-state index is 0.416. The number of anilines is 2. The van der Waals surface area contributed by atoms with Crippen LogP contribution in [0.2, 0.25) is 0 Å². The molecule has 2 fully saturated rings. The molecule has 0 amide bonds. The third kappa shape index (κ3) is 9.40. The highest BCUT2D eigenvalue weighted by Crippen LogP contribution is 2.46. The minimum absolute atomic E-state index is 0.416. The van der Waals surface area contributed by atoms with Crippen LogP contribution in [0.5, 0.6) is 0 Å². The van der Waals surface area contributed by atoms with E-state index in [-0.39, 0.29) is 0 Å². The van der Waals surface area contributed by atoms with Crippen molar-refractivity contribution in [3.05, 3.63) is 151 Å². The Morgan fingerprint density at radius 3 is 1.41 bits per heavy atom. The van der Waals surface area contributed by atoms with Gasteiger partial charge in [0.05, 0.1) is 28.7 Å². The van der Waals surface area contributed by atoms with E-state index in [2.05, 4.69) is 94.4 Å². The Kier molecular flexibility index (Phi) is 13.6. The van der Waals surface area contributed by atoms with Gasteiger partial charge >= 0.3 is 0 Å². The first-order valence-corrected chi connectivity index (χ1v) is 22.2. The Morgan fingerprint density at radius 2 is 0.969 bits per heavy atom. The Morgan fingerprint density at radius 1 is 0.562 bits per heavy atom. The lowest BCUT2D eigenvalue weighted by molar-refractivity contribution is 0.249. The quantitative estimate of drug-likeness (QED) is 0.0712. The first kappa shape index (κ1) is 42.5. The molecule has 2 aliphatic heterocycles. The van der Waals surface area contributed by atoms with Crippen molar-refractivity contribution in [3.8, 4) is 44.9 Å². The third-order valence-corrected chi connectivity index (χ3v) is 11.9. The zero-order chi connectivity index (χ0) is 43.5. The van der Waals surface area contributed by atoms with Gasteiger partial charge in [-0.1, -0.05) is 121 Å². The zero-order valence-corrected chi connectivity index (χ0v) is 36.0. The van der Waals surface area contributed by atoms with Crippen LogP contribution in [0.3, 0.4) is 0 Å². The second-order valence-electron chi connectivity index (χ2n) is 16.0. The van der Waals surface area contributed by atoms with Crippen LogP contribution in [-0.2, 0) is 6.54 Å². The molecule has 64 heavy (non-hydrogen) atoms. The highest BCUT2D eigenvalue weighted by atomic mass is 16.3. The molecule has 12 heteroatoms. The van der Waals surface area contributed by atoms with Crippen molar-refractivity contribution in [2.45, 2.75) is 6.54 Å². The van der Waals surface area contributed by atoms with Crippen LogP contribution in [0, 0.1) is 6.57 Å². The molecule has 0 saturated carbocycles. The van der Waals surface area contributed by atoms with E-state index in [1.54, 1.807) is 6.20 Å². The molecule has 4 aromatic carbocycles. The number of pyridine rings is 2. The molecule has 6 N–H and O–H groups in total. The van der Waals surface area contributed by atoms with Crippen LogP contribution in [0.15, 0.2) is 143 Å². The van der Waals surface area contributed by atoms with E-state index in [0.717, 1.165) is 151 Å². The second kappa shape index (κ2) is 20.6. The second-order valence-corrected chi connectivity index (χ2v) is 16.0. The molecule has 0 unspecified atom stereocenters. The van der Waals surface area contributed by atoms with Gasteiger partial charge in [0.25, 0.3) is 0 Å². The topological polar surface area (TPSA) is 137 Å². The number of hydrogen-bond acceptors (Lipinski definition) is 11. The molecule has 4 aromatic heterocycles. The van der Waals surface area contributed by atoms with Crippen molar-refractivity contribution < 1.29 is 8.83 Å². The molecule has 2 saturated heterocycles. The van der Waals surface area contributed by atoms with Gasteiger partial charge in [-0.05, 0) is 11.1 Å². The highest BCUT2D eigenvalue weighted by Gasteiger charge is 2.25. The van der Waals surface area contributed by atoms with Crippen molar-refractivity contribution in [2.75, 3.05) is 89.2 Å². The standard InChI is InChI=1S/C26H25N5O.C26H29N5O/c1-27-21-18-30-26-23(24(21)29-14-17-31-15-12-28-13-16-31)22(19-8-4-2-5-9-19)25(32-26)20-10-6-3-7-11-20;27-17-21-18-30-26-23(24(21)29-13-16-31-14-11-28-12-15-31)22(19-7-3-1-4-8-19)25(32-26)20-9-5-2-6-10-20/h2-11,18,28H,12-17H2,(H,29,30);1-10,18,28H,11-17,27H2,(H,29,30). The van der Waals surface area contributed by atoms with E-state index in [1.807, 2.05) is 79.0 Å². The van der Waals surface area contributed by atoms with E-state index >= 15 is 0 Å². The van der Waals surface area contributed by atoms with E-state index in [0.29, 0.717) is 23.7 Å². The van der Waals surface area contributed by atoms with E-state index in [1.165, 1.54) is 0 Å². The number of aromatic nitrogens is 2. The van der Waals surface area contributed by atoms with Gasteiger partial charge in [-0.3, -0.25) is 9.80 Å². The van der Waals surface area contributed by atoms with Crippen LogP contribution in [0.1, 0.15) is 5.56 Å². The van der Waals surface area contributed by atoms with Crippen molar-refractivity contribution in [3.63, 3.8) is 0 Å². The predicted molar refractivity (Wildman–Crippen MR) is 260 cm³/mol. The summed E-state index contributed by atoms with van der Waals surface area (Å²) < 4.78 is 12.7. The van der Waals surface area contributed by atoms with Gasteiger partial charge < -0.3 is 35.8 Å². The molecular weight excluding hydrogens is 797 g/mol. The molecule has 0 radical (unpaired) electrons. The lowest BCUT2D eigenvalue weighted by Crippen LogP contribution is -2.45. The smallest absolute Gasteiger partial charge is 0.229 e. The third-order valence-electron chi connectivity index (χ3n) is 11.9. The maximum atomic E-state index is 7.73. The van der Waals surface area contributed by atoms with Gasteiger partial charge in [0.1, 0.15) is 11.5 Å². The summed E-state index contributed by atoms with van der Waals surface area (Å²) in [7, 11) is 0. The van der Waals surface area contributed by atoms with Crippen LogP contribution in [0.25, 0.3) is 71.9 Å². The summed E-state index contributed by atoms with van der Waals surface area (Å²) in [4.78, 5) is 17.8. The number of hydrogen-bond donors (Lipinski definition) is 5. The fraction of sp³-hybridized carbons (Fsp3) is 0.250. The number of nitrogens with two attached hydrogens (primary N) is 1. The summed E-state index contributed by atoms with van der Waals surface area (Å²) in [5, 5.41) is 15.9. The normalized spacial score (nSPS) is 14.5. The monoisotopic (exact) mass is 850 g/mol. The molecule has 6 heterocycles. The SMILES string of the molecule is NCc1cnc2oc(-c3ccccc3)c(-c3ccccc3)c2c1NCCN1CCNCC1.[C-]#[N+]c1cnc2oc(-c3ccccc3)c(-c3ccccc3)c2c1NCCN1CCNCC1. The number of nitrogens with one attached hydrogen (secondary N) is 4. The molecule has 0 bridgehead atoms. The average molecular weight is 851 g/mol. The lowest BCUT2D eigenvalue weighted by atomic mass is 9.97. The number of piperazine rings is 2. The van der Waals surface area contributed by atoms with E-state index < -0.39 is 0 Å². The molecule has 10 rings (SSSR count). The van der Waals surface area contributed by atoms with Crippen LogP contribution >= 0.6 is 0 Å². The highest BCUT2D eigenvalue weighted by molar-refractivity contribution is 6.10. The fourth-order valence-electron chi connectivity index (χ4n) is 8.67. The minimum Gasteiger partial charge on any atom is -0.437 e. The molecular formula is C52H54N10O2. The summed E-state index contributed by atoms with van der Waals surface area (Å²) in [5.74, 6) is 1.60. The van der Waals surface area contributed by atoms with Gasteiger partial charge in [0.2, 0.25) is 17.1 Å². The van der Waals surface area contributed by atoms with Gasteiger partial charge in [0, 0.05) is 125 Å². The van der Waals surface area contributed by atoms with Crippen LogP contribution < -0.4 is 27.0 Å². The summed E-state index contributed by atoms with van der Waals surface area (Å²) in [6.45, 7) is 20.0. The van der Waals surface area contributed by atoms with Crippen molar-refractivity contribution in [1.82, 2.24) is 30.4 Å². The van der Waals surface area contributed by atoms with Gasteiger partial charge in [0.15, 0.2) is 0 Å². The van der Waals surface area contributed by atoms with Crippen LogP contribution in [0.4, 0.5) is 17.1 Å². The number of nitrogens with zero attached hydrogens (tertiary/aromatic N) is 5. The predicted octanol–water partition coefficient (Wildman–Crippen LogP) is 8.97. The van der Waals surface area contributed by atoms with E-state index in [4.69, 9.17) is 21.1 Å². The molecule has 0 atom stereocenters. The Labute approximate surface area is 374 Å². The van der Waals surface area contributed by atoms with Gasteiger partial charge in [-0.2, -0.15) is 0 Å². The maximum Gasteiger partial charge on any atom is 0.229 e. The van der Waals surface area contributed by atoms with Gasteiger partial charge in [-0.15, -0.1) is 0 Å². The van der Waals surface area contributed by atoms with Crippen LogP contribution in [-0.4, -0.2) is 98.3 Å². The van der Waals surface area contributed by atoms with Gasteiger partial charge in [-0.25, -0.2) is 14.8 Å². The largest absolute Gasteiger partial charge is 0.437 e. The first-order valence-electron chi connectivity index (χ1n) is 22.2.